The van der Waals surface area contributed by atoms with Crippen LogP contribution < -0.4 is 5.43 Å². The van der Waals surface area contributed by atoms with Crippen molar-refractivity contribution < 1.29 is 0 Å². The maximum absolute atomic E-state index is 11.8. The fraction of sp³-hybridized carbons (Fsp3) is 0. The Bertz CT molecular complexity index is 734. The SMILES string of the molecule is O=c1ccn(Sc2ccccc2)c2ccccc12. The molecular formula is C15H11NOS. The summed E-state index contributed by atoms with van der Waals surface area (Å²) in [7, 11) is 0. The molecule has 0 spiro atoms. The number of pyridine rings is 1. The summed E-state index contributed by atoms with van der Waals surface area (Å²) >= 11 is 1.60. The largest absolute Gasteiger partial charge is 0.289 e. The first kappa shape index (κ1) is 11.1. The summed E-state index contributed by atoms with van der Waals surface area (Å²) in [6.45, 7) is 0. The summed E-state index contributed by atoms with van der Waals surface area (Å²) in [5.41, 5.74) is 1.01. The lowest BCUT2D eigenvalue weighted by atomic mass is 10.2. The zero-order chi connectivity index (χ0) is 12.4. The molecule has 0 amide bonds. The van der Waals surface area contributed by atoms with Crippen molar-refractivity contribution in [2.24, 2.45) is 0 Å². The van der Waals surface area contributed by atoms with Crippen molar-refractivity contribution in [1.82, 2.24) is 3.97 Å². The van der Waals surface area contributed by atoms with E-state index in [1.165, 1.54) is 0 Å². The van der Waals surface area contributed by atoms with E-state index in [-0.39, 0.29) is 5.43 Å². The van der Waals surface area contributed by atoms with Crippen LogP contribution >= 0.6 is 11.9 Å². The van der Waals surface area contributed by atoms with Crippen molar-refractivity contribution >= 4 is 22.9 Å². The molecule has 18 heavy (non-hydrogen) atoms. The molecule has 2 aromatic carbocycles. The lowest BCUT2D eigenvalue weighted by Gasteiger charge is -2.09. The third-order valence-electron chi connectivity index (χ3n) is 2.72. The maximum Gasteiger partial charge on any atom is 0.189 e. The average molecular weight is 253 g/mol. The van der Waals surface area contributed by atoms with Crippen molar-refractivity contribution in [2.75, 3.05) is 0 Å². The van der Waals surface area contributed by atoms with Gasteiger partial charge in [0.2, 0.25) is 0 Å². The molecule has 1 heterocycles. The van der Waals surface area contributed by atoms with Gasteiger partial charge in [-0.2, -0.15) is 0 Å². The first-order valence-electron chi connectivity index (χ1n) is 5.68. The minimum absolute atomic E-state index is 0.0653. The topological polar surface area (TPSA) is 22.0 Å². The molecule has 0 aliphatic carbocycles. The normalized spacial score (nSPS) is 10.7. The van der Waals surface area contributed by atoms with Crippen LogP contribution in [0.5, 0.6) is 0 Å². The molecule has 1 aromatic heterocycles. The minimum atomic E-state index is 0.0653. The van der Waals surface area contributed by atoms with E-state index in [4.69, 9.17) is 0 Å². The van der Waals surface area contributed by atoms with Crippen molar-refractivity contribution in [3.8, 4) is 0 Å². The summed E-state index contributed by atoms with van der Waals surface area (Å²) in [6, 6.07) is 19.4. The standard InChI is InChI=1S/C15H11NOS/c17-15-10-11-16(14-9-5-4-8-13(14)15)18-12-6-2-1-3-7-12/h1-11H. The molecule has 0 aliphatic heterocycles. The number of benzene rings is 2. The summed E-state index contributed by atoms with van der Waals surface area (Å²) in [5.74, 6) is 0. The molecule has 88 valence electrons. The first-order chi connectivity index (χ1) is 8.84. The van der Waals surface area contributed by atoms with Crippen LogP contribution in [-0.4, -0.2) is 3.97 Å². The molecule has 0 unspecified atom stereocenters. The number of nitrogens with zero attached hydrogens (tertiary/aromatic N) is 1. The Morgan fingerprint density at radius 3 is 2.39 bits per heavy atom. The van der Waals surface area contributed by atoms with E-state index < -0.39 is 0 Å². The zero-order valence-electron chi connectivity index (χ0n) is 9.61. The third kappa shape index (κ3) is 2.05. The van der Waals surface area contributed by atoms with E-state index in [2.05, 4.69) is 12.1 Å². The van der Waals surface area contributed by atoms with Gasteiger partial charge in [0.1, 0.15) is 0 Å². The lowest BCUT2D eigenvalue weighted by Crippen LogP contribution is -2.03. The van der Waals surface area contributed by atoms with Gasteiger partial charge in [0.05, 0.1) is 5.52 Å². The Morgan fingerprint density at radius 2 is 1.56 bits per heavy atom. The molecule has 0 bridgehead atoms. The number of rotatable bonds is 2. The van der Waals surface area contributed by atoms with Crippen LogP contribution in [0.25, 0.3) is 10.9 Å². The maximum atomic E-state index is 11.8. The molecule has 0 saturated heterocycles. The quantitative estimate of drug-likeness (QED) is 0.696. The molecule has 3 heteroatoms. The molecule has 0 N–H and O–H groups in total. The minimum Gasteiger partial charge on any atom is -0.289 e. The number of hydrogen-bond donors (Lipinski definition) is 0. The molecule has 3 aromatic rings. The van der Waals surface area contributed by atoms with Gasteiger partial charge in [0.25, 0.3) is 0 Å². The number of aromatic nitrogens is 1. The molecule has 0 aliphatic rings. The highest BCUT2D eigenvalue weighted by Gasteiger charge is 2.02. The summed E-state index contributed by atoms with van der Waals surface area (Å²) in [6.07, 6.45) is 1.82. The van der Waals surface area contributed by atoms with Crippen molar-refractivity contribution in [2.45, 2.75) is 4.90 Å². The third-order valence-corrected chi connectivity index (χ3v) is 3.71. The highest BCUT2D eigenvalue weighted by molar-refractivity contribution is 7.98. The Hall–Kier alpha value is -2.00. The van der Waals surface area contributed by atoms with Crippen LogP contribution in [0.1, 0.15) is 0 Å². The van der Waals surface area contributed by atoms with Crippen LogP contribution in [-0.2, 0) is 0 Å². The van der Waals surface area contributed by atoms with Crippen LogP contribution in [0.4, 0.5) is 0 Å². The summed E-state index contributed by atoms with van der Waals surface area (Å²) < 4.78 is 2.02. The second-order valence-corrected chi connectivity index (χ2v) is 4.97. The highest BCUT2D eigenvalue weighted by Crippen LogP contribution is 2.23. The van der Waals surface area contributed by atoms with Gasteiger partial charge in [-0.3, -0.25) is 8.77 Å². The number of fused-ring (bicyclic) bond motifs is 1. The van der Waals surface area contributed by atoms with Gasteiger partial charge < -0.3 is 0 Å². The second-order valence-electron chi connectivity index (χ2n) is 3.93. The molecule has 0 fully saturated rings. The lowest BCUT2D eigenvalue weighted by molar-refractivity contribution is 1.27. The van der Waals surface area contributed by atoms with Crippen LogP contribution in [0.15, 0.2) is 76.6 Å². The summed E-state index contributed by atoms with van der Waals surface area (Å²) in [4.78, 5) is 12.9. The predicted octanol–water partition coefficient (Wildman–Crippen LogP) is 3.56. The highest BCUT2D eigenvalue weighted by atomic mass is 32.2. The van der Waals surface area contributed by atoms with E-state index >= 15 is 0 Å². The van der Waals surface area contributed by atoms with Gasteiger partial charge in [0, 0.05) is 22.5 Å². The fourth-order valence-corrected chi connectivity index (χ4v) is 2.74. The Balaban J connectivity index is 2.13. The molecule has 2 nitrogen and oxygen atoms in total. The predicted molar refractivity (Wildman–Crippen MR) is 75.9 cm³/mol. The number of para-hydroxylation sites is 1. The van der Waals surface area contributed by atoms with Crippen LogP contribution in [0.2, 0.25) is 0 Å². The summed E-state index contributed by atoms with van der Waals surface area (Å²) in [5, 5.41) is 0.753. The average Bonchev–Trinajstić information content (AvgIpc) is 2.44. The smallest absolute Gasteiger partial charge is 0.189 e. The molecule has 0 atom stereocenters. The number of hydrogen-bond acceptors (Lipinski definition) is 2. The first-order valence-corrected chi connectivity index (χ1v) is 6.46. The molecule has 3 rings (SSSR count). The van der Waals surface area contributed by atoms with E-state index in [0.29, 0.717) is 0 Å². The van der Waals surface area contributed by atoms with E-state index in [1.54, 1.807) is 18.0 Å². The van der Waals surface area contributed by atoms with Crippen molar-refractivity contribution in [3.05, 3.63) is 77.1 Å². The molecule has 0 saturated carbocycles. The van der Waals surface area contributed by atoms with Crippen molar-refractivity contribution in [1.29, 1.82) is 0 Å². The monoisotopic (exact) mass is 253 g/mol. The van der Waals surface area contributed by atoms with Gasteiger partial charge in [-0.05, 0) is 36.2 Å². The van der Waals surface area contributed by atoms with Crippen LogP contribution in [0, 0.1) is 0 Å². The van der Waals surface area contributed by atoms with Crippen LogP contribution in [0.3, 0.4) is 0 Å². The molecular weight excluding hydrogens is 242 g/mol. The molecule has 0 radical (unpaired) electrons. The Labute approximate surface area is 109 Å². The van der Waals surface area contributed by atoms with Gasteiger partial charge in [-0.25, -0.2) is 0 Å². The van der Waals surface area contributed by atoms with E-state index in [1.807, 2.05) is 52.6 Å². The Morgan fingerprint density at radius 1 is 0.833 bits per heavy atom. The second kappa shape index (κ2) is 4.70. The van der Waals surface area contributed by atoms with E-state index in [9.17, 15) is 4.79 Å². The van der Waals surface area contributed by atoms with E-state index in [0.717, 1.165) is 15.8 Å². The van der Waals surface area contributed by atoms with Gasteiger partial charge in [-0.1, -0.05) is 30.3 Å². The Kier molecular flexibility index (Phi) is 2.90. The van der Waals surface area contributed by atoms with Gasteiger partial charge in [0.15, 0.2) is 5.43 Å². The van der Waals surface area contributed by atoms with Crippen molar-refractivity contribution in [3.63, 3.8) is 0 Å². The van der Waals surface area contributed by atoms with Gasteiger partial charge in [-0.15, -0.1) is 0 Å². The van der Waals surface area contributed by atoms with Gasteiger partial charge >= 0.3 is 0 Å². The zero-order valence-corrected chi connectivity index (χ0v) is 10.4. The fourth-order valence-electron chi connectivity index (χ4n) is 1.85.